The van der Waals surface area contributed by atoms with Gasteiger partial charge in [-0.2, -0.15) is 13.2 Å². The molecule has 1 heterocycles. The number of H-pyrrole nitrogens is 1. The van der Waals surface area contributed by atoms with Crippen LogP contribution in [0.25, 0.3) is 27.5 Å². The van der Waals surface area contributed by atoms with Gasteiger partial charge >= 0.3 is 6.18 Å². The molecule has 4 rings (SSSR count). The van der Waals surface area contributed by atoms with E-state index >= 15 is 0 Å². The topological polar surface area (TPSA) is 41.0 Å². The quantitative estimate of drug-likeness (QED) is 0.436. The number of phenolic OH excluding ortho intramolecular Hbond substituents is 1. The first kappa shape index (κ1) is 15.7. The predicted molar refractivity (Wildman–Crippen MR) is 92.6 cm³/mol. The van der Waals surface area contributed by atoms with Crippen LogP contribution in [-0.4, -0.2) is 14.7 Å². The van der Waals surface area contributed by atoms with E-state index in [1.54, 1.807) is 12.1 Å². The van der Waals surface area contributed by atoms with Crippen molar-refractivity contribution in [1.29, 1.82) is 0 Å². The monoisotopic (exact) mass is 360 g/mol. The van der Waals surface area contributed by atoms with Gasteiger partial charge in [-0.3, -0.25) is 4.57 Å². The van der Waals surface area contributed by atoms with E-state index in [0.717, 1.165) is 22.9 Å². The van der Waals surface area contributed by atoms with Crippen molar-refractivity contribution in [2.75, 3.05) is 0 Å². The van der Waals surface area contributed by atoms with Crippen molar-refractivity contribution in [2.24, 2.45) is 0 Å². The molecule has 0 aliphatic rings. The summed E-state index contributed by atoms with van der Waals surface area (Å²) in [6.07, 6.45) is -4.43. The minimum absolute atomic E-state index is 0.00408. The number of phenols is 1. The summed E-state index contributed by atoms with van der Waals surface area (Å²) in [5, 5.41) is 12.1. The van der Waals surface area contributed by atoms with Crippen molar-refractivity contribution in [2.45, 2.75) is 6.18 Å². The lowest BCUT2D eigenvalue weighted by atomic mass is 10.1. The second kappa shape index (κ2) is 5.35. The zero-order valence-corrected chi connectivity index (χ0v) is 13.4. The number of halogens is 3. The average Bonchev–Trinajstić information content (AvgIpc) is 2.88. The van der Waals surface area contributed by atoms with Crippen molar-refractivity contribution in [3.05, 3.63) is 64.9 Å². The highest BCUT2D eigenvalue weighted by Gasteiger charge is 2.31. The van der Waals surface area contributed by atoms with Gasteiger partial charge in [0.25, 0.3) is 0 Å². The zero-order valence-electron chi connectivity index (χ0n) is 12.6. The van der Waals surface area contributed by atoms with Crippen LogP contribution >= 0.6 is 12.2 Å². The Morgan fingerprint density at radius 3 is 2.32 bits per heavy atom. The Morgan fingerprint density at radius 2 is 1.64 bits per heavy atom. The van der Waals surface area contributed by atoms with Crippen LogP contribution in [0.2, 0.25) is 0 Å². The Balaban J connectivity index is 2.00. The Hall–Kier alpha value is -2.80. The third kappa shape index (κ3) is 2.56. The Labute approximate surface area is 145 Å². The highest BCUT2D eigenvalue weighted by atomic mass is 32.1. The highest BCUT2D eigenvalue weighted by molar-refractivity contribution is 7.71. The van der Waals surface area contributed by atoms with E-state index in [9.17, 15) is 18.3 Å². The number of rotatable bonds is 1. The number of aromatic hydroxyl groups is 1. The van der Waals surface area contributed by atoms with Gasteiger partial charge in [0.1, 0.15) is 5.75 Å². The SMILES string of the molecule is Oc1cc2ccccc2cc1-n1c(=S)[nH]c2cc(C(F)(F)F)ccc21. The van der Waals surface area contributed by atoms with Gasteiger partial charge < -0.3 is 10.1 Å². The van der Waals surface area contributed by atoms with Crippen LogP contribution < -0.4 is 0 Å². The standard InChI is InChI=1S/C18H11F3N2OS/c19-18(20,21)12-5-6-14-13(9-12)22-17(25)23(14)15-7-10-3-1-2-4-11(10)8-16(15)24/h1-9,24H,(H,22,25). The Kier molecular flexibility index (Phi) is 3.36. The summed E-state index contributed by atoms with van der Waals surface area (Å²) in [5.74, 6) is -0.00408. The summed E-state index contributed by atoms with van der Waals surface area (Å²) < 4.78 is 40.4. The van der Waals surface area contributed by atoms with Gasteiger partial charge in [-0.25, -0.2) is 0 Å². The fourth-order valence-electron chi connectivity index (χ4n) is 2.92. The van der Waals surface area contributed by atoms with Crippen LogP contribution in [0.1, 0.15) is 5.56 Å². The molecule has 0 saturated carbocycles. The maximum absolute atomic E-state index is 12.9. The van der Waals surface area contributed by atoms with E-state index in [0.29, 0.717) is 11.2 Å². The van der Waals surface area contributed by atoms with E-state index in [1.807, 2.05) is 24.3 Å². The predicted octanol–water partition coefficient (Wildman–Crippen LogP) is 5.57. The highest BCUT2D eigenvalue weighted by Crippen LogP contribution is 2.34. The van der Waals surface area contributed by atoms with E-state index in [2.05, 4.69) is 4.98 Å². The molecule has 0 aliphatic carbocycles. The Bertz CT molecular complexity index is 1170. The smallest absolute Gasteiger partial charge is 0.416 e. The lowest BCUT2D eigenvalue weighted by Gasteiger charge is -2.10. The second-order valence-electron chi connectivity index (χ2n) is 5.68. The second-order valence-corrected chi connectivity index (χ2v) is 6.07. The van der Waals surface area contributed by atoms with Gasteiger partial charge in [0.05, 0.1) is 22.3 Å². The van der Waals surface area contributed by atoms with Crippen molar-refractivity contribution in [3.8, 4) is 11.4 Å². The molecule has 3 nitrogen and oxygen atoms in total. The minimum atomic E-state index is -4.43. The maximum Gasteiger partial charge on any atom is 0.416 e. The van der Waals surface area contributed by atoms with Crippen LogP contribution in [0.15, 0.2) is 54.6 Å². The fraction of sp³-hybridized carbons (Fsp3) is 0.0556. The molecule has 0 unspecified atom stereocenters. The van der Waals surface area contributed by atoms with Crippen LogP contribution in [0.5, 0.6) is 5.75 Å². The van der Waals surface area contributed by atoms with E-state index in [-0.39, 0.29) is 16.0 Å². The first-order valence-corrected chi connectivity index (χ1v) is 7.79. The number of fused-ring (bicyclic) bond motifs is 2. The van der Waals surface area contributed by atoms with E-state index in [4.69, 9.17) is 12.2 Å². The molecule has 0 fully saturated rings. The van der Waals surface area contributed by atoms with Crippen molar-refractivity contribution < 1.29 is 18.3 Å². The lowest BCUT2D eigenvalue weighted by molar-refractivity contribution is -0.137. The molecule has 4 aromatic rings. The number of nitrogens with one attached hydrogen (secondary N) is 1. The van der Waals surface area contributed by atoms with Gasteiger partial charge in [-0.15, -0.1) is 0 Å². The van der Waals surface area contributed by atoms with Crippen LogP contribution in [-0.2, 0) is 6.18 Å². The molecule has 25 heavy (non-hydrogen) atoms. The van der Waals surface area contributed by atoms with Crippen molar-refractivity contribution in [3.63, 3.8) is 0 Å². The zero-order chi connectivity index (χ0) is 17.8. The fourth-order valence-corrected chi connectivity index (χ4v) is 3.23. The molecule has 0 spiro atoms. The third-order valence-electron chi connectivity index (χ3n) is 4.09. The number of aromatic nitrogens is 2. The first-order valence-electron chi connectivity index (χ1n) is 7.39. The summed E-state index contributed by atoms with van der Waals surface area (Å²) in [6.45, 7) is 0. The molecule has 1 aromatic heterocycles. The molecular weight excluding hydrogens is 349 g/mol. The third-order valence-corrected chi connectivity index (χ3v) is 4.38. The van der Waals surface area contributed by atoms with Gasteiger partial charge in [-0.05, 0) is 53.3 Å². The molecule has 126 valence electrons. The number of aromatic amines is 1. The van der Waals surface area contributed by atoms with Crippen LogP contribution in [0.3, 0.4) is 0 Å². The molecule has 3 aromatic carbocycles. The van der Waals surface area contributed by atoms with Crippen LogP contribution in [0, 0.1) is 4.77 Å². The lowest BCUT2D eigenvalue weighted by Crippen LogP contribution is -2.04. The Morgan fingerprint density at radius 1 is 0.960 bits per heavy atom. The van der Waals surface area contributed by atoms with Gasteiger partial charge in [0.2, 0.25) is 0 Å². The van der Waals surface area contributed by atoms with Gasteiger partial charge in [-0.1, -0.05) is 24.3 Å². The van der Waals surface area contributed by atoms with Gasteiger partial charge in [0, 0.05) is 0 Å². The summed E-state index contributed by atoms with van der Waals surface area (Å²) in [7, 11) is 0. The molecule has 0 radical (unpaired) electrons. The number of alkyl halides is 3. The number of imidazole rings is 1. The summed E-state index contributed by atoms with van der Waals surface area (Å²) >= 11 is 5.27. The molecule has 2 N–H and O–H groups in total. The normalized spacial score (nSPS) is 12.1. The molecule has 0 bridgehead atoms. The summed E-state index contributed by atoms with van der Waals surface area (Å²) in [5.41, 5.74) is 0.372. The summed E-state index contributed by atoms with van der Waals surface area (Å²) in [4.78, 5) is 2.78. The first-order chi connectivity index (χ1) is 11.8. The summed E-state index contributed by atoms with van der Waals surface area (Å²) in [6, 6.07) is 14.2. The largest absolute Gasteiger partial charge is 0.506 e. The van der Waals surface area contributed by atoms with Crippen LogP contribution in [0.4, 0.5) is 13.2 Å². The molecule has 0 aliphatic heterocycles. The molecule has 0 amide bonds. The number of nitrogens with zero attached hydrogens (tertiary/aromatic N) is 1. The average molecular weight is 360 g/mol. The number of hydrogen-bond acceptors (Lipinski definition) is 2. The van der Waals surface area contributed by atoms with E-state index < -0.39 is 11.7 Å². The van der Waals surface area contributed by atoms with Crippen molar-refractivity contribution in [1.82, 2.24) is 9.55 Å². The molecule has 7 heteroatoms. The minimum Gasteiger partial charge on any atom is -0.506 e. The van der Waals surface area contributed by atoms with Gasteiger partial charge in [0.15, 0.2) is 4.77 Å². The number of benzene rings is 3. The van der Waals surface area contributed by atoms with E-state index in [1.165, 1.54) is 10.6 Å². The number of hydrogen-bond donors (Lipinski definition) is 2. The van der Waals surface area contributed by atoms with Crippen molar-refractivity contribution >= 4 is 34.0 Å². The molecule has 0 saturated heterocycles. The maximum atomic E-state index is 12.9. The molecule has 0 atom stereocenters. The molecular formula is C18H11F3N2OS.